The molecule has 1 aromatic rings. The molecule has 2 heterocycles. The molecule has 2 rings (SSSR count). The number of hydrogen-bond donors (Lipinski definition) is 0. The second-order valence-electron chi connectivity index (χ2n) is 5.84. The van der Waals surface area contributed by atoms with Crippen LogP contribution < -0.4 is 5.59 Å². The minimum Gasteiger partial charge on any atom is -0.398 e. The zero-order chi connectivity index (χ0) is 13.6. The van der Waals surface area contributed by atoms with Gasteiger partial charge in [-0.05, 0) is 52.3 Å². The molecule has 3 nitrogen and oxygen atoms in total. The van der Waals surface area contributed by atoms with E-state index in [9.17, 15) is 0 Å². The molecule has 1 aliphatic heterocycles. The lowest BCUT2D eigenvalue weighted by Crippen LogP contribution is -2.41. The van der Waals surface area contributed by atoms with Crippen molar-refractivity contribution < 1.29 is 9.31 Å². The van der Waals surface area contributed by atoms with Crippen LogP contribution in [0.3, 0.4) is 0 Å². The molecule has 1 saturated heterocycles. The molecule has 4 heteroatoms. The van der Waals surface area contributed by atoms with Crippen molar-refractivity contribution in [1.82, 2.24) is 4.98 Å². The summed E-state index contributed by atoms with van der Waals surface area (Å²) >= 11 is 0. The number of aromatic nitrogens is 1. The molecule has 0 saturated carbocycles. The average Bonchev–Trinajstić information content (AvgIpc) is 2.48. The first-order valence-corrected chi connectivity index (χ1v) is 6.20. The van der Waals surface area contributed by atoms with Gasteiger partial charge in [-0.3, -0.25) is 4.98 Å². The third-order valence-corrected chi connectivity index (χ3v) is 3.77. The summed E-state index contributed by atoms with van der Waals surface area (Å²) < 4.78 is 11.9. The quantitative estimate of drug-likeness (QED) is 0.750. The second-order valence-corrected chi connectivity index (χ2v) is 5.84. The molecule has 96 valence electrons. The van der Waals surface area contributed by atoms with Crippen molar-refractivity contribution in [3.05, 3.63) is 30.5 Å². The highest BCUT2D eigenvalue weighted by Gasteiger charge is 2.52. The van der Waals surface area contributed by atoms with Crippen molar-refractivity contribution in [3.8, 4) is 0 Å². The SMILES string of the molecule is C=C(C)c1ccnc(B2OC(C)(C)C(C)(C)O2)c1. The summed E-state index contributed by atoms with van der Waals surface area (Å²) in [5.41, 5.74) is 2.20. The van der Waals surface area contributed by atoms with Crippen LogP contribution in [0.15, 0.2) is 24.9 Å². The van der Waals surface area contributed by atoms with E-state index in [1.54, 1.807) is 6.20 Å². The standard InChI is InChI=1S/C14H20BNO2/c1-10(2)11-7-8-16-12(9-11)15-17-13(3,4)14(5,6)18-15/h7-9H,1H2,2-6H3. The summed E-state index contributed by atoms with van der Waals surface area (Å²) in [5.74, 6) is 0. The van der Waals surface area contributed by atoms with Crippen LogP contribution in [0, 0.1) is 0 Å². The van der Waals surface area contributed by atoms with Crippen LogP contribution in [0.1, 0.15) is 40.2 Å². The number of pyridine rings is 1. The van der Waals surface area contributed by atoms with E-state index in [0.29, 0.717) is 0 Å². The first-order chi connectivity index (χ1) is 8.23. The van der Waals surface area contributed by atoms with E-state index in [-0.39, 0.29) is 11.2 Å². The number of allylic oxidation sites excluding steroid dienone is 1. The molecule has 0 unspecified atom stereocenters. The Morgan fingerprint density at radius 2 is 1.78 bits per heavy atom. The zero-order valence-electron chi connectivity index (χ0n) is 11.8. The lowest BCUT2D eigenvalue weighted by molar-refractivity contribution is 0.00578. The summed E-state index contributed by atoms with van der Waals surface area (Å²) in [6.07, 6.45) is 1.77. The highest BCUT2D eigenvalue weighted by Crippen LogP contribution is 2.36. The lowest BCUT2D eigenvalue weighted by Gasteiger charge is -2.32. The van der Waals surface area contributed by atoms with E-state index in [1.165, 1.54) is 0 Å². The highest BCUT2D eigenvalue weighted by molar-refractivity contribution is 6.61. The van der Waals surface area contributed by atoms with Crippen LogP contribution in [0.25, 0.3) is 5.57 Å². The smallest absolute Gasteiger partial charge is 0.398 e. The van der Waals surface area contributed by atoms with Gasteiger partial charge in [0, 0.05) is 6.20 Å². The molecular weight excluding hydrogens is 225 g/mol. The Hall–Kier alpha value is -1.13. The summed E-state index contributed by atoms with van der Waals surface area (Å²) in [6, 6.07) is 3.92. The van der Waals surface area contributed by atoms with Crippen molar-refractivity contribution >= 4 is 18.3 Å². The van der Waals surface area contributed by atoms with E-state index in [0.717, 1.165) is 16.7 Å². The maximum absolute atomic E-state index is 5.97. The molecule has 0 aromatic carbocycles. The Bertz CT molecular complexity index is 466. The highest BCUT2D eigenvalue weighted by atomic mass is 16.7. The molecular formula is C14H20BNO2. The Labute approximate surface area is 109 Å². The molecule has 0 atom stereocenters. The maximum atomic E-state index is 5.97. The third kappa shape index (κ3) is 2.23. The fourth-order valence-corrected chi connectivity index (χ4v) is 1.81. The maximum Gasteiger partial charge on any atom is 0.514 e. The molecule has 0 radical (unpaired) electrons. The summed E-state index contributed by atoms with van der Waals surface area (Å²) in [4.78, 5) is 4.34. The van der Waals surface area contributed by atoms with E-state index in [4.69, 9.17) is 9.31 Å². The largest absolute Gasteiger partial charge is 0.514 e. The van der Waals surface area contributed by atoms with Crippen molar-refractivity contribution in [2.24, 2.45) is 0 Å². The van der Waals surface area contributed by atoms with Crippen molar-refractivity contribution in [2.45, 2.75) is 45.8 Å². The van der Waals surface area contributed by atoms with E-state index < -0.39 is 7.12 Å². The fourth-order valence-electron chi connectivity index (χ4n) is 1.81. The molecule has 1 aliphatic rings. The Morgan fingerprint density at radius 3 is 2.28 bits per heavy atom. The molecule has 1 aromatic heterocycles. The second kappa shape index (κ2) is 4.21. The molecule has 0 aliphatic carbocycles. The number of rotatable bonds is 2. The van der Waals surface area contributed by atoms with Crippen LogP contribution in [0.5, 0.6) is 0 Å². The Kier molecular flexibility index (Phi) is 3.12. The lowest BCUT2D eigenvalue weighted by atomic mass is 9.83. The predicted octanol–water partition coefficient (Wildman–Crippen LogP) is 2.41. The minimum atomic E-state index is -0.408. The molecule has 0 spiro atoms. The number of nitrogens with zero attached hydrogens (tertiary/aromatic N) is 1. The van der Waals surface area contributed by atoms with Gasteiger partial charge in [0.1, 0.15) is 0 Å². The van der Waals surface area contributed by atoms with Crippen molar-refractivity contribution in [2.75, 3.05) is 0 Å². The van der Waals surface area contributed by atoms with Crippen LogP contribution in [0.2, 0.25) is 0 Å². The fraction of sp³-hybridized carbons (Fsp3) is 0.500. The zero-order valence-corrected chi connectivity index (χ0v) is 11.8. The Morgan fingerprint density at radius 1 is 1.22 bits per heavy atom. The number of hydrogen-bond acceptors (Lipinski definition) is 3. The molecule has 0 bridgehead atoms. The van der Waals surface area contributed by atoms with Gasteiger partial charge in [-0.1, -0.05) is 12.2 Å². The average molecular weight is 245 g/mol. The van der Waals surface area contributed by atoms with E-state index in [1.807, 2.05) is 46.8 Å². The van der Waals surface area contributed by atoms with E-state index in [2.05, 4.69) is 11.6 Å². The third-order valence-electron chi connectivity index (χ3n) is 3.77. The minimum absolute atomic E-state index is 0.335. The van der Waals surface area contributed by atoms with Gasteiger partial charge in [0.05, 0.1) is 16.8 Å². The van der Waals surface area contributed by atoms with Gasteiger partial charge >= 0.3 is 7.12 Å². The normalized spacial score (nSPS) is 21.1. The van der Waals surface area contributed by atoms with Gasteiger partial charge in [0.15, 0.2) is 0 Å². The van der Waals surface area contributed by atoms with E-state index >= 15 is 0 Å². The van der Waals surface area contributed by atoms with Gasteiger partial charge in [-0.2, -0.15) is 0 Å². The van der Waals surface area contributed by atoms with Gasteiger partial charge < -0.3 is 9.31 Å². The molecule has 1 fully saturated rings. The van der Waals surface area contributed by atoms with Crippen LogP contribution in [0.4, 0.5) is 0 Å². The summed E-state index contributed by atoms with van der Waals surface area (Å²) in [7, 11) is -0.408. The summed E-state index contributed by atoms with van der Waals surface area (Å²) in [5, 5.41) is 0. The Balaban J connectivity index is 2.30. The van der Waals surface area contributed by atoms with Crippen molar-refractivity contribution in [3.63, 3.8) is 0 Å². The molecule has 0 N–H and O–H groups in total. The van der Waals surface area contributed by atoms with Crippen LogP contribution >= 0.6 is 0 Å². The van der Waals surface area contributed by atoms with Gasteiger partial charge in [-0.15, -0.1) is 0 Å². The van der Waals surface area contributed by atoms with Gasteiger partial charge in [0.25, 0.3) is 0 Å². The van der Waals surface area contributed by atoms with Crippen LogP contribution in [-0.4, -0.2) is 23.3 Å². The predicted molar refractivity (Wildman–Crippen MR) is 74.7 cm³/mol. The molecule has 0 amide bonds. The first kappa shape index (κ1) is 13.3. The van der Waals surface area contributed by atoms with Gasteiger partial charge in [0.2, 0.25) is 0 Å². The van der Waals surface area contributed by atoms with Crippen LogP contribution in [-0.2, 0) is 9.31 Å². The summed E-state index contributed by atoms with van der Waals surface area (Å²) in [6.45, 7) is 14.1. The molecule has 18 heavy (non-hydrogen) atoms. The monoisotopic (exact) mass is 245 g/mol. The first-order valence-electron chi connectivity index (χ1n) is 6.20. The van der Waals surface area contributed by atoms with Gasteiger partial charge in [-0.25, -0.2) is 0 Å². The van der Waals surface area contributed by atoms with Crippen molar-refractivity contribution in [1.29, 1.82) is 0 Å². The topological polar surface area (TPSA) is 31.4 Å².